The lowest BCUT2D eigenvalue weighted by molar-refractivity contribution is 0.575. The van der Waals surface area contributed by atoms with E-state index in [1.54, 1.807) is 13.8 Å². The van der Waals surface area contributed by atoms with Gasteiger partial charge in [-0.1, -0.05) is 30.3 Å². The van der Waals surface area contributed by atoms with Gasteiger partial charge in [-0.05, 0) is 19.4 Å². The van der Waals surface area contributed by atoms with E-state index in [0.717, 1.165) is 5.56 Å². The summed E-state index contributed by atoms with van der Waals surface area (Å²) in [5, 5.41) is 3.19. The van der Waals surface area contributed by atoms with Crippen LogP contribution in [0.2, 0.25) is 0 Å². The quantitative estimate of drug-likeness (QED) is 0.622. The molecule has 0 aliphatic heterocycles. The lowest BCUT2D eigenvalue weighted by Gasteiger charge is -2.05. The first-order valence-corrected chi connectivity index (χ1v) is 6.16. The molecule has 4 nitrogen and oxygen atoms in total. The molecule has 1 aromatic carbocycles. The molecular formula is C10H14N2O2S. The van der Waals surface area contributed by atoms with E-state index in [0.29, 0.717) is 0 Å². The van der Waals surface area contributed by atoms with E-state index in [9.17, 15) is 8.42 Å². The molecule has 0 spiro atoms. The summed E-state index contributed by atoms with van der Waals surface area (Å²) in [5.74, 6) is 0. The molecule has 15 heavy (non-hydrogen) atoms. The standard InChI is InChI=1S/C10H14N2O2S/c1-9(2)15(13,14)12-11-8-10-6-4-3-5-7-10/h3-9,12H,1-2H3. The fourth-order valence-corrected chi connectivity index (χ4v) is 1.23. The van der Waals surface area contributed by atoms with Crippen molar-refractivity contribution in [3.05, 3.63) is 35.9 Å². The number of sulfonamides is 1. The van der Waals surface area contributed by atoms with Crippen LogP contribution < -0.4 is 4.83 Å². The van der Waals surface area contributed by atoms with Gasteiger partial charge in [0.05, 0.1) is 11.5 Å². The Morgan fingerprint density at radius 2 is 1.87 bits per heavy atom. The van der Waals surface area contributed by atoms with Gasteiger partial charge in [-0.3, -0.25) is 0 Å². The van der Waals surface area contributed by atoms with Gasteiger partial charge < -0.3 is 0 Å². The van der Waals surface area contributed by atoms with Crippen LogP contribution in [0.15, 0.2) is 35.4 Å². The van der Waals surface area contributed by atoms with Gasteiger partial charge in [-0.15, -0.1) is 0 Å². The molecule has 1 rings (SSSR count). The summed E-state index contributed by atoms with van der Waals surface area (Å²) < 4.78 is 22.6. The highest BCUT2D eigenvalue weighted by Crippen LogP contribution is 1.96. The van der Waals surface area contributed by atoms with Crippen molar-refractivity contribution in [2.75, 3.05) is 0 Å². The minimum Gasteiger partial charge on any atom is -0.205 e. The highest BCUT2D eigenvalue weighted by atomic mass is 32.2. The van der Waals surface area contributed by atoms with Gasteiger partial charge >= 0.3 is 0 Å². The summed E-state index contributed by atoms with van der Waals surface area (Å²) in [6.45, 7) is 3.20. The number of nitrogens with one attached hydrogen (secondary N) is 1. The monoisotopic (exact) mass is 226 g/mol. The Kier molecular flexibility index (Phi) is 3.85. The number of benzene rings is 1. The molecule has 0 aromatic heterocycles. The van der Waals surface area contributed by atoms with E-state index in [1.807, 2.05) is 30.3 Å². The van der Waals surface area contributed by atoms with Gasteiger partial charge in [-0.2, -0.15) is 5.10 Å². The summed E-state index contributed by atoms with van der Waals surface area (Å²) in [5.41, 5.74) is 0.851. The second-order valence-corrected chi connectivity index (χ2v) is 5.57. The van der Waals surface area contributed by atoms with Crippen LogP contribution in [0.25, 0.3) is 0 Å². The molecule has 0 saturated carbocycles. The largest absolute Gasteiger partial charge is 0.249 e. The minimum absolute atomic E-state index is 0.481. The normalized spacial score (nSPS) is 12.2. The smallest absolute Gasteiger partial charge is 0.205 e. The van der Waals surface area contributed by atoms with Crippen molar-refractivity contribution in [3.63, 3.8) is 0 Å². The average Bonchev–Trinajstić information content (AvgIpc) is 2.19. The van der Waals surface area contributed by atoms with Crippen molar-refractivity contribution in [2.24, 2.45) is 5.10 Å². The summed E-state index contributed by atoms with van der Waals surface area (Å²) >= 11 is 0. The molecule has 0 unspecified atom stereocenters. The number of nitrogens with zero attached hydrogens (tertiary/aromatic N) is 1. The van der Waals surface area contributed by atoms with E-state index in [1.165, 1.54) is 6.21 Å². The maximum atomic E-state index is 11.3. The van der Waals surface area contributed by atoms with Crippen LogP contribution in [-0.4, -0.2) is 19.9 Å². The first-order valence-electron chi connectivity index (χ1n) is 4.61. The third-order valence-electron chi connectivity index (χ3n) is 1.81. The Labute approximate surface area is 90.1 Å². The third-order valence-corrected chi connectivity index (χ3v) is 3.41. The first-order chi connectivity index (χ1) is 7.02. The van der Waals surface area contributed by atoms with Crippen molar-refractivity contribution < 1.29 is 8.42 Å². The summed E-state index contributed by atoms with van der Waals surface area (Å²) in [7, 11) is -3.32. The van der Waals surface area contributed by atoms with Gasteiger partial charge in [0, 0.05) is 0 Å². The molecule has 0 amide bonds. The Balaban J connectivity index is 2.62. The van der Waals surface area contributed by atoms with E-state index in [-0.39, 0.29) is 0 Å². The van der Waals surface area contributed by atoms with E-state index in [4.69, 9.17) is 0 Å². The molecule has 0 fully saturated rings. The Bertz CT molecular complexity index is 424. The number of hydrogen-bond donors (Lipinski definition) is 1. The Morgan fingerprint density at radius 1 is 1.27 bits per heavy atom. The summed E-state index contributed by atoms with van der Waals surface area (Å²) in [6, 6.07) is 9.28. The van der Waals surface area contributed by atoms with Gasteiger partial charge in [0.2, 0.25) is 10.0 Å². The lowest BCUT2D eigenvalue weighted by Crippen LogP contribution is -2.26. The van der Waals surface area contributed by atoms with Gasteiger partial charge in [0.1, 0.15) is 0 Å². The maximum absolute atomic E-state index is 11.3. The van der Waals surface area contributed by atoms with Crippen LogP contribution in [-0.2, 0) is 10.0 Å². The van der Waals surface area contributed by atoms with Crippen molar-refractivity contribution in [2.45, 2.75) is 19.1 Å². The average molecular weight is 226 g/mol. The molecule has 1 N–H and O–H groups in total. The minimum atomic E-state index is -3.32. The van der Waals surface area contributed by atoms with Crippen LogP contribution in [0.1, 0.15) is 19.4 Å². The lowest BCUT2D eigenvalue weighted by atomic mass is 10.2. The van der Waals surface area contributed by atoms with Crippen molar-refractivity contribution >= 4 is 16.2 Å². The molecular weight excluding hydrogens is 212 g/mol. The number of hydrazone groups is 1. The molecule has 82 valence electrons. The van der Waals surface area contributed by atoms with E-state index in [2.05, 4.69) is 9.93 Å². The predicted molar refractivity (Wildman–Crippen MR) is 61.2 cm³/mol. The van der Waals surface area contributed by atoms with E-state index >= 15 is 0 Å². The molecule has 0 aliphatic rings. The van der Waals surface area contributed by atoms with Gasteiger partial charge in [0.15, 0.2) is 0 Å². The molecule has 0 heterocycles. The maximum Gasteiger partial charge on any atom is 0.249 e. The van der Waals surface area contributed by atoms with Crippen LogP contribution in [0, 0.1) is 0 Å². The molecule has 5 heteroatoms. The molecule has 0 radical (unpaired) electrons. The zero-order valence-electron chi connectivity index (χ0n) is 8.71. The highest BCUT2D eigenvalue weighted by Gasteiger charge is 2.13. The number of rotatable bonds is 4. The van der Waals surface area contributed by atoms with Crippen LogP contribution in [0.5, 0.6) is 0 Å². The highest BCUT2D eigenvalue weighted by molar-refractivity contribution is 7.90. The van der Waals surface area contributed by atoms with Crippen molar-refractivity contribution in [1.29, 1.82) is 0 Å². The van der Waals surface area contributed by atoms with Gasteiger partial charge in [-0.25, -0.2) is 13.2 Å². The SMILES string of the molecule is CC(C)S(=O)(=O)NN=Cc1ccccc1. The molecule has 1 aromatic rings. The van der Waals surface area contributed by atoms with E-state index < -0.39 is 15.3 Å². The zero-order valence-corrected chi connectivity index (χ0v) is 9.53. The van der Waals surface area contributed by atoms with Crippen molar-refractivity contribution in [3.8, 4) is 0 Å². The summed E-state index contributed by atoms with van der Waals surface area (Å²) in [6.07, 6.45) is 1.47. The summed E-state index contributed by atoms with van der Waals surface area (Å²) in [4.78, 5) is 2.15. The first kappa shape index (κ1) is 11.7. The third kappa shape index (κ3) is 3.71. The molecule has 0 aliphatic carbocycles. The molecule has 0 bridgehead atoms. The van der Waals surface area contributed by atoms with Crippen LogP contribution >= 0.6 is 0 Å². The molecule has 0 saturated heterocycles. The van der Waals surface area contributed by atoms with Gasteiger partial charge in [0.25, 0.3) is 0 Å². The fourth-order valence-electron chi connectivity index (χ4n) is 0.819. The zero-order chi connectivity index (χ0) is 11.3. The van der Waals surface area contributed by atoms with Crippen LogP contribution in [0.3, 0.4) is 0 Å². The topological polar surface area (TPSA) is 58.5 Å². The number of hydrogen-bond acceptors (Lipinski definition) is 3. The van der Waals surface area contributed by atoms with Crippen molar-refractivity contribution in [1.82, 2.24) is 4.83 Å². The fraction of sp³-hybridized carbons (Fsp3) is 0.300. The predicted octanol–water partition coefficient (Wildman–Crippen LogP) is 1.35. The molecule has 0 atom stereocenters. The second-order valence-electron chi connectivity index (χ2n) is 3.35. The Hall–Kier alpha value is -1.36. The second kappa shape index (κ2) is 4.93. The Morgan fingerprint density at radius 3 is 2.40 bits per heavy atom. The van der Waals surface area contributed by atoms with Crippen LogP contribution in [0.4, 0.5) is 0 Å².